The van der Waals surface area contributed by atoms with Crippen LogP contribution in [-0.4, -0.2) is 6.29 Å². The first-order chi connectivity index (χ1) is 3.72. The van der Waals surface area contributed by atoms with Gasteiger partial charge in [-0.2, -0.15) is 0 Å². The van der Waals surface area contributed by atoms with Gasteiger partial charge >= 0.3 is 0 Å². The Morgan fingerprint density at radius 3 is 2.38 bits per heavy atom. The van der Waals surface area contributed by atoms with Crippen molar-refractivity contribution in [2.24, 2.45) is 5.73 Å². The normalized spacial score (nSPS) is 12.8. The van der Waals surface area contributed by atoms with Crippen LogP contribution in [0.3, 0.4) is 0 Å². The zero-order valence-corrected chi connectivity index (χ0v) is 5.27. The molecule has 0 aliphatic heterocycles. The van der Waals surface area contributed by atoms with E-state index in [1.807, 2.05) is 6.92 Å². The molecule has 2 nitrogen and oxygen atoms in total. The molecule has 0 aromatic heterocycles. The molecule has 0 aromatic carbocycles. The smallest absolute Gasteiger partial charge is 0.147 e. The maximum atomic E-state index is 9.97. The molecule has 46 valence electrons. The lowest BCUT2D eigenvalue weighted by molar-refractivity contribution is -0.104. The zero-order valence-electron chi connectivity index (χ0n) is 5.27. The Hall–Kier alpha value is -0.790. The Kier molecular flexibility index (Phi) is 2.92. The van der Waals surface area contributed by atoms with Gasteiger partial charge in [0.2, 0.25) is 0 Å². The Morgan fingerprint density at radius 2 is 2.25 bits per heavy atom. The van der Waals surface area contributed by atoms with Crippen molar-refractivity contribution in [1.29, 1.82) is 0 Å². The summed E-state index contributed by atoms with van der Waals surface area (Å²) in [4.78, 5) is 9.97. The van der Waals surface area contributed by atoms with Crippen LogP contribution in [0.2, 0.25) is 0 Å². The Balaban J connectivity index is 4.03. The van der Waals surface area contributed by atoms with Crippen molar-refractivity contribution in [2.45, 2.75) is 20.3 Å². The molecule has 2 N–H and O–H groups in total. The van der Waals surface area contributed by atoms with Crippen LogP contribution in [0.1, 0.15) is 20.3 Å². The van der Waals surface area contributed by atoms with Crippen molar-refractivity contribution in [3.63, 3.8) is 0 Å². The van der Waals surface area contributed by atoms with Gasteiger partial charge in [-0.1, -0.05) is 6.92 Å². The third kappa shape index (κ3) is 1.78. The summed E-state index contributed by atoms with van der Waals surface area (Å²) in [5, 5.41) is 0. The van der Waals surface area contributed by atoms with Crippen LogP contribution in [0.15, 0.2) is 11.3 Å². The molecule has 0 atom stereocenters. The molecule has 0 unspecified atom stereocenters. The lowest BCUT2D eigenvalue weighted by Gasteiger charge is -1.94. The minimum atomic E-state index is 0.646. The van der Waals surface area contributed by atoms with Gasteiger partial charge < -0.3 is 5.73 Å². The van der Waals surface area contributed by atoms with Crippen LogP contribution < -0.4 is 5.73 Å². The fourth-order valence-electron chi connectivity index (χ4n) is 0.355. The largest absolute Gasteiger partial charge is 0.402 e. The fourth-order valence-corrected chi connectivity index (χ4v) is 0.355. The highest BCUT2D eigenvalue weighted by atomic mass is 16.1. The molecule has 0 aliphatic carbocycles. The van der Waals surface area contributed by atoms with Gasteiger partial charge in [-0.15, -0.1) is 0 Å². The first kappa shape index (κ1) is 7.21. The number of hydrogen-bond donors (Lipinski definition) is 1. The van der Waals surface area contributed by atoms with E-state index >= 15 is 0 Å². The molecule has 0 spiro atoms. The second kappa shape index (κ2) is 3.24. The number of rotatable bonds is 2. The van der Waals surface area contributed by atoms with Gasteiger partial charge in [-0.25, -0.2) is 0 Å². The number of hydrogen-bond acceptors (Lipinski definition) is 2. The molecule has 8 heavy (non-hydrogen) atoms. The molecule has 0 aromatic rings. The number of allylic oxidation sites excluding steroid dienone is 2. The molecule has 0 amide bonds. The quantitative estimate of drug-likeness (QED) is 0.425. The summed E-state index contributed by atoms with van der Waals surface area (Å²) in [7, 11) is 0. The third-order valence-electron chi connectivity index (χ3n) is 1.06. The predicted molar refractivity (Wildman–Crippen MR) is 33.2 cm³/mol. The van der Waals surface area contributed by atoms with E-state index in [0.29, 0.717) is 11.3 Å². The Bertz CT molecular complexity index is 116. The minimum Gasteiger partial charge on any atom is -0.402 e. The molecule has 0 bridgehead atoms. The molecule has 0 heterocycles. The Morgan fingerprint density at radius 1 is 1.75 bits per heavy atom. The second-order valence-electron chi connectivity index (χ2n) is 1.68. The summed E-state index contributed by atoms with van der Waals surface area (Å²) in [5.74, 6) is 0. The van der Waals surface area contributed by atoms with E-state index in [9.17, 15) is 4.79 Å². The molecule has 0 aliphatic rings. The molecule has 0 fully saturated rings. The summed E-state index contributed by atoms with van der Waals surface area (Å²) < 4.78 is 0. The molecule has 0 rings (SSSR count). The summed E-state index contributed by atoms with van der Waals surface area (Å²) in [6.07, 6.45) is 1.53. The second-order valence-corrected chi connectivity index (χ2v) is 1.68. The average Bonchev–Trinajstić information content (AvgIpc) is 1.84. The van der Waals surface area contributed by atoms with Gasteiger partial charge in [-0.3, -0.25) is 4.79 Å². The van der Waals surface area contributed by atoms with Crippen molar-refractivity contribution in [3.05, 3.63) is 11.3 Å². The molecule has 0 saturated carbocycles. The van der Waals surface area contributed by atoms with Gasteiger partial charge in [-0.05, 0) is 13.3 Å². The van der Waals surface area contributed by atoms with Gasteiger partial charge in [0, 0.05) is 11.3 Å². The molecule has 0 saturated heterocycles. The van der Waals surface area contributed by atoms with E-state index in [-0.39, 0.29) is 0 Å². The van der Waals surface area contributed by atoms with Gasteiger partial charge in [0.05, 0.1) is 0 Å². The van der Waals surface area contributed by atoms with E-state index < -0.39 is 0 Å². The van der Waals surface area contributed by atoms with Crippen LogP contribution in [0.4, 0.5) is 0 Å². The maximum absolute atomic E-state index is 9.97. The van der Waals surface area contributed by atoms with Gasteiger partial charge in [0.15, 0.2) is 0 Å². The number of nitrogens with two attached hydrogens (primary N) is 1. The Labute approximate surface area is 49.4 Å². The van der Waals surface area contributed by atoms with Crippen LogP contribution in [0.25, 0.3) is 0 Å². The minimum absolute atomic E-state index is 0.646. The molecule has 0 radical (unpaired) electrons. The summed E-state index contributed by atoms with van der Waals surface area (Å²) >= 11 is 0. The highest BCUT2D eigenvalue weighted by molar-refractivity contribution is 5.73. The average molecular weight is 113 g/mol. The van der Waals surface area contributed by atoms with Crippen molar-refractivity contribution in [2.75, 3.05) is 0 Å². The summed E-state index contributed by atoms with van der Waals surface area (Å²) in [5.41, 5.74) is 6.70. The summed E-state index contributed by atoms with van der Waals surface area (Å²) in [6.45, 7) is 3.63. The topological polar surface area (TPSA) is 43.1 Å². The van der Waals surface area contributed by atoms with E-state index in [0.717, 1.165) is 12.7 Å². The fraction of sp³-hybridized carbons (Fsp3) is 0.500. The highest BCUT2D eigenvalue weighted by Crippen LogP contribution is 1.96. The maximum Gasteiger partial charge on any atom is 0.147 e. The van der Waals surface area contributed by atoms with E-state index in [1.165, 1.54) is 0 Å². The number of carbonyl (C=O) groups excluding carboxylic acids is 1. The SMILES string of the molecule is CC/C(N)=C(\C)C=O. The lowest BCUT2D eigenvalue weighted by atomic mass is 10.2. The monoisotopic (exact) mass is 113 g/mol. The van der Waals surface area contributed by atoms with E-state index in [1.54, 1.807) is 6.92 Å². The van der Waals surface area contributed by atoms with Crippen LogP contribution >= 0.6 is 0 Å². The first-order valence-electron chi connectivity index (χ1n) is 2.62. The van der Waals surface area contributed by atoms with Crippen LogP contribution in [0.5, 0.6) is 0 Å². The third-order valence-corrected chi connectivity index (χ3v) is 1.06. The zero-order chi connectivity index (χ0) is 6.57. The van der Waals surface area contributed by atoms with Gasteiger partial charge in [0.1, 0.15) is 6.29 Å². The van der Waals surface area contributed by atoms with Crippen molar-refractivity contribution >= 4 is 6.29 Å². The van der Waals surface area contributed by atoms with Gasteiger partial charge in [0.25, 0.3) is 0 Å². The van der Waals surface area contributed by atoms with E-state index in [4.69, 9.17) is 5.73 Å². The van der Waals surface area contributed by atoms with Crippen LogP contribution in [0, 0.1) is 0 Å². The molecule has 2 heteroatoms. The van der Waals surface area contributed by atoms with Crippen molar-refractivity contribution < 1.29 is 4.79 Å². The van der Waals surface area contributed by atoms with E-state index in [2.05, 4.69) is 0 Å². The molecular formula is C6H11NO. The van der Waals surface area contributed by atoms with Crippen molar-refractivity contribution in [3.8, 4) is 0 Å². The predicted octanol–water partition coefficient (Wildman–Crippen LogP) is 0.828. The number of aldehydes is 1. The first-order valence-corrected chi connectivity index (χ1v) is 2.62. The number of carbonyl (C=O) groups is 1. The summed E-state index contributed by atoms with van der Waals surface area (Å²) in [6, 6.07) is 0. The molecular weight excluding hydrogens is 102 g/mol. The standard InChI is InChI=1S/C6H11NO/c1-3-6(7)5(2)4-8/h4H,3,7H2,1-2H3/b6-5-. The highest BCUT2D eigenvalue weighted by Gasteiger charge is 1.89. The van der Waals surface area contributed by atoms with Crippen LogP contribution in [-0.2, 0) is 4.79 Å². The lowest BCUT2D eigenvalue weighted by Crippen LogP contribution is -1.99. The van der Waals surface area contributed by atoms with Crippen molar-refractivity contribution in [1.82, 2.24) is 0 Å².